The fraction of sp³-hybridized carbons (Fsp3) is 0.441. The number of aromatic amines is 1. The van der Waals surface area contributed by atoms with E-state index in [0.29, 0.717) is 30.7 Å². The van der Waals surface area contributed by atoms with Gasteiger partial charge in [0.15, 0.2) is 18.2 Å². The number of H-pyrrole nitrogens is 1. The molecule has 1 aliphatic carbocycles. The standard InChI is InChI=1S/C34H38Cl2N2O7/c1-19(2)14-21(16-29(40)27-17-22-25(37-27)11-7-13-31(22)44-3)33(42)38-26(15-20-8-4-5-12-28(20)39)30(41)18-45-34(43)32-23(35)9-6-10-24(32)36/h6-7,9-11,13,17,19-21,26,37H,4-5,8,12,14-16,18H2,1-3H3,(H,38,42)/t20-,21+,26-/m0/s1. The van der Waals surface area contributed by atoms with E-state index in [1.54, 1.807) is 25.3 Å². The second-order valence-electron chi connectivity index (χ2n) is 11.9. The molecule has 1 aromatic heterocycles. The zero-order chi connectivity index (χ0) is 32.7. The first-order valence-corrected chi connectivity index (χ1v) is 15.9. The van der Waals surface area contributed by atoms with Gasteiger partial charge in [-0.05, 0) is 61.9 Å². The lowest BCUT2D eigenvalue weighted by Gasteiger charge is -2.27. The number of methoxy groups -OCH3 is 1. The lowest BCUT2D eigenvalue weighted by atomic mass is 9.82. The van der Waals surface area contributed by atoms with Crippen molar-refractivity contribution in [3.63, 3.8) is 0 Å². The number of halogens is 2. The predicted molar refractivity (Wildman–Crippen MR) is 172 cm³/mol. The van der Waals surface area contributed by atoms with Crippen LogP contribution in [0.15, 0.2) is 42.5 Å². The molecule has 1 heterocycles. The Morgan fingerprint density at radius 2 is 1.76 bits per heavy atom. The van der Waals surface area contributed by atoms with Crippen molar-refractivity contribution in [2.24, 2.45) is 17.8 Å². The van der Waals surface area contributed by atoms with Gasteiger partial charge in [-0.25, -0.2) is 4.79 Å². The van der Waals surface area contributed by atoms with Crippen molar-refractivity contribution >= 4 is 63.3 Å². The maximum Gasteiger partial charge on any atom is 0.341 e. The number of carbonyl (C=O) groups excluding carboxylic acids is 5. The molecule has 4 rings (SSSR count). The number of rotatable bonds is 14. The number of ether oxygens (including phenoxy) is 2. The number of benzene rings is 2. The number of nitrogens with one attached hydrogen (secondary N) is 2. The lowest BCUT2D eigenvalue weighted by molar-refractivity contribution is -0.133. The second kappa shape index (κ2) is 15.5. The van der Waals surface area contributed by atoms with Crippen molar-refractivity contribution in [2.75, 3.05) is 13.7 Å². The van der Waals surface area contributed by atoms with Crippen LogP contribution in [0.3, 0.4) is 0 Å². The quantitative estimate of drug-likeness (QED) is 0.144. The van der Waals surface area contributed by atoms with Crippen molar-refractivity contribution in [1.82, 2.24) is 10.3 Å². The van der Waals surface area contributed by atoms with Crippen LogP contribution in [0.4, 0.5) is 0 Å². The highest BCUT2D eigenvalue weighted by Crippen LogP contribution is 2.29. The predicted octanol–water partition coefficient (Wildman–Crippen LogP) is 6.78. The first-order chi connectivity index (χ1) is 21.5. The van der Waals surface area contributed by atoms with Gasteiger partial charge in [0.2, 0.25) is 5.91 Å². The molecule has 1 aliphatic rings. The van der Waals surface area contributed by atoms with Gasteiger partial charge in [-0.1, -0.05) is 55.6 Å². The van der Waals surface area contributed by atoms with Gasteiger partial charge in [-0.2, -0.15) is 0 Å². The Morgan fingerprint density at radius 1 is 1.04 bits per heavy atom. The normalized spacial score (nSPS) is 16.3. The summed E-state index contributed by atoms with van der Waals surface area (Å²) >= 11 is 12.2. The SMILES string of the molecule is COc1cccc2[nH]c(C(=O)C[C@@H](CC(C)C)C(=O)N[C@@H](C[C@@H]3CCCCC3=O)C(=O)COC(=O)c3c(Cl)cccc3Cl)cc12. The molecule has 3 atom stereocenters. The van der Waals surface area contributed by atoms with E-state index in [1.807, 2.05) is 26.0 Å². The summed E-state index contributed by atoms with van der Waals surface area (Å²) in [4.78, 5) is 69.1. The molecule has 2 N–H and O–H groups in total. The summed E-state index contributed by atoms with van der Waals surface area (Å²) in [5, 5.41) is 3.72. The fourth-order valence-corrected chi connectivity index (χ4v) is 6.34. The molecule has 1 saturated carbocycles. The fourth-order valence-electron chi connectivity index (χ4n) is 5.79. The van der Waals surface area contributed by atoms with Crippen LogP contribution in [0, 0.1) is 17.8 Å². The topological polar surface area (TPSA) is 132 Å². The molecule has 45 heavy (non-hydrogen) atoms. The highest BCUT2D eigenvalue weighted by atomic mass is 35.5. The number of amides is 1. The molecule has 0 saturated heterocycles. The van der Waals surface area contributed by atoms with E-state index in [1.165, 1.54) is 12.1 Å². The summed E-state index contributed by atoms with van der Waals surface area (Å²) < 4.78 is 10.7. The molecule has 1 amide bonds. The van der Waals surface area contributed by atoms with E-state index >= 15 is 0 Å². The van der Waals surface area contributed by atoms with Crippen LogP contribution >= 0.6 is 23.2 Å². The molecule has 0 aliphatic heterocycles. The number of esters is 1. The largest absolute Gasteiger partial charge is 0.496 e. The minimum Gasteiger partial charge on any atom is -0.496 e. The third kappa shape index (κ3) is 8.73. The smallest absolute Gasteiger partial charge is 0.341 e. The number of ketones is 3. The minimum atomic E-state index is -1.10. The molecule has 11 heteroatoms. The summed E-state index contributed by atoms with van der Waals surface area (Å²) in [6.45, 7) is 3.24. The van der Waals surface area contributed by atoms with Crippen LogP contribution in [-0.4, -0.2) is 54.0 Å². The number of fused-ring (bicyclic) bond motifs is 1. The zero-order valence-electron chi connectivity index (χ0n) is 25.6. The van der Waals surface area contributed by atoms with Crippen molar-refractivity contribution < 1.29 is 33.4 Å². The molecule has 0 radical (unpaired) electrons. The average Bonchev–Trinajstić information content (AvgIpc) is 3.45. The molecular weight excluding hydrogens is 619 g/mol. The number of carbonyl (C=O) groups is 5. The Kier molecular flexibility index (Phi) is 11.8. The average molecular weight is 658 g/mol. The number of aromatic nitrogens is 1. The summed E-state index contributed by atoms with van der Waals surface area (Å²) in [7, 11) is 1.55. The summed E-state index contributed by atoms with van der Waals surface area (Å²) in [5.74, 6) is -2.61. The first kappa shape index (κ1) is 34.2. The van der Waals surface area contributed by atoms with Gasteiger partial charge in [-0.15, -0.1) is 0 Å². The number of Topliss-reactive ketones (excluding diaryl/α,β-unsaturated/α-hetero) is 3. The van der Waals surface area contributed by atoms with Crippen LogP contribution in [0.25, 0.3) is 10.9 Å². The van der Waals surface area contributed by atoms with E-state index in [0.717, 1.165) is 23.7 Å². The summed E-state index contributed by atoms with van der Waals surface area (Å²) in [5.41, 5.74) is 1.02. The van der Waals surface area contributed by atoms with Crippen molar-refractivity contribution in [3.05, 3.63) is 63.8 Å². The van der Waals surface area contributed by atoms with E-state index in [-0.39, 0.29) is 45.9 Å². The maximum atomic E-state index is 13.7. The molecule has 9 nitrogen and oxygen atoms in total. The molecule has 240 valence electrons. The third-order valence-corrected chi connectivity index (χ3v) is 8.75. The van der Waals surface area contributed by atoms with Crippen LogP contribution in [-0.2, 0) is 19.1 Å². The molecule has 2 aromatic carbocycles. The van der Waals surface area contributed by atoms with Crippen molar-refractivity contribution in [3.8, 4) is 5.75 Å². The maximum absolute atomic E-state index is 13.7. The molecule has 0 spiro atoms. The Bertz CT molecular complexity index is 1560. The Morgan fingerprint density at radius 3 is 2.42 bits per heavy atom. The Labute approximate surface area is 272 Å². The van der Waals surface area contributed by atoms with Crippen LogP contribution < -0.4 is 10.1 Å². The monoisotopic (exact) mass is 656 g/mol. The van der Waals surface area contributed by atoms with Crippen molar-refractivity contribution in [2.45, 2.75) is 64.8 Å². The van der Waals surface area contributed by atoms with E-state index in [2.05, 4.69) is 10.3 Å². The van der Waals surface area contributed by atoms with Gasteiger partial charge in [0.05, 0.1) is 34.5 Å². The second-order valence-corrected chi connectivity index (χ2v) is 12.7. The van der Waals surface area contributed by atoms with Gasteiger partial charge in [0.25, 0.3) is 0 Å². The molecule has 3 aromatic rings. The molecule has 1 fully saturated rings. The molecule has 0 bridgehead atoms. The third-order valence-electron chi connectivity index (χ3n) is 8.12. The first-order valence-electron chi connectivity index (χ1n) is 15.1. The van der Waals surface area contributed by atoms with Crippen molar-refractivity contribution in [1.29, 1.82) is 0 Å². The minimum absolute atomic E-state index is 0.0382. The van der Waals surface area contributed by atoms with E-state index in [9.17, 15) is 24.0 Å². The number of hydrogen-bond acceptors (Lipinski definition) is 7. The van der Waals surface area contributed by atoms with Crippen LogP contribution in [0.1, 0.15) is 79.6 Å². The number of hydrogen-bond donors (Lipinski definition) is 2. The summed E-state index contributed by atoms with van der Waals surface area (Å²) in [6, 6.07) is 10.6. The van der Waals surface area contributed by atoms with Crippen LogP contribution in [0.2, 0.25) is 10.0 Å². The Balaban J connectivity index is 1.51. The zero-order valence-corrected chi connectivity index (χ0v) is 27.1. The van der Waals surface area contributed by atoms with Gasteiger partial charge in [0, 0.05) is 35.6 Å². The van der Waals surface area contributed by atoms with Gasteiger partial charge < -0.3 is 19.8 Å². The highest BCUT2D eigenvalue weighted by molar-refractivity contribution is 6.39. The Hall–Kier alpha value is -3.69. The van der Waals surface area contributed by atoms with Gasteiger partial charge in [0.1, 0.15) is 11.5 Å². The van der Waals surface area contributed by atoms with Gasteiger partial charge in [-0.3, -0.25) is 19.2 Å². The van der Waals surface area contributed by atoms with Crippen LogP contribution in [0.5, 0.6) is 5.75 Å². The van der Waals surface area contributed by atoms with Gasteiger partial charge >= 0.3 is 5.97 Å². The lowest BCUT2D eigenvalue weighted by Crippen LogP contribution is -2.47. The highest BCUT2D eigenvalue weighted by Gasteiger charge is 2.33. The molecule has 0 unspecified atom stereocenters. The molecular formula is C34H38Cl2N2O7. The van der Waals surface area contributed by atoms with E-state index in [4.69, 9.17) is 32.7 Å². The summed E-state index contributed by atoms with van der Waals surface area (Å²) in [6.07, 6.45) is 3.02. The van der Waals surface area contributed by atoms with E-state index < -0.39 is 42.1 Å².